The molecule has 1 spiro atoms. The Bertz CT molecular complexity index is 640. The van der Waals surface area contributed by atoms with Gasteiger partial charge in [0.15, 0.2) is 5.13 Å². The number of ether oxygens (including phenoxy) is 1. The van der Waals surface area contributed by atoms with Gasteiger partial charge in [-0.25, -0.2) is 9.97 Å². The fraction of sp³-hybridized carbons (Fsp3) is 0.625. The summed E-state index contributed by atoms with van der Waals surface area (Å²) in [5.74, 6) is 0. The molecule has 7 heteroatoms. The molecule has 2 aromatic rings. The van der Waals surface area contributed by atoms with Crippen LogP contribution in [0.15, 0.2) is 17.0 Å². The number of aromatic nitrogens is 2. The second-order valence-corrected chi connectivity index (χ2v) is 8.38. The van der Waals surface area contributed by atoms with Crippen LogP contribution in [0.4, 0.5) is 5.13 Å². The molecule has 0 N–H and O–H groups in total. The highest BCUT2D eigenvalue weighted by atomic mass is 32.1. The van der Waals surface area contributed by atoms with Gasteiger partial charge in [-0.2, -0.15) is 0 Å². The molecule has 2 saturated heterocycles. The molecule has 2 fully saturated rings. The van der Waals surface area contributed by atoms with Gasteiger partial charge in [0.05, 0.1) is 29.5 Å². The topological polar surface area (TPSA) is 41.5 Å². The largest absolute Gasteiger partial charge is 0.370 e. The SMILES string of the molecule is Cc1nc(CN2CCOC3(CCCN(c4nccs4)C3)C2)cs1. The number of nitrogens with zero attached hydrogens (tertiary/aromatic N) is 4. The summed E-state index contributed by atoms with van der Waals surface area (Å²) in [6.45, 7) is 7.85. The van der Waals surface area contributed by atoms with E-state index in [1.165, 1.54) is 12.1 Å². The zero-order valence-corrected chi connectivity index (χ0v) is 15.0. The Morgan fingerprint density at radius 1 is 1.30 bits per heavy atom. The van der Waals surface area contributed by atoms with E-state index in [0.29, 0.717) is 0 Å². The van der Waals surface area contributed by atoms with Crippen molar-refractivity contribution in [3.8, 4) is 0 Å². The van der Waals surface area contributed by atoms with Crippen molar-refractivity contribution in [1.29, 1.82) is 0 Å². The highest BCUT2D eigenvalue weighted by Crippen LogP contribution is 2.32. The zero-order valence-electron chi connectivity index (χ0n) is 13.4. The monoisotopic (exact) mass is 350 g/mol. The van der Waals surface area contributed by atoms with Crippen LogP contribution in [0.1, 0.15) is 23.5 Å². The van der Waals surface area contributed by atoms with Gasteiger partial charge in [0.1, 0.15) is 0 Å². The maximum absolute atomic E-state index is 6.28. The van der Waals surface area contributed by atoms with Crippen LogP contribution >= 0.6 is 22.7 Å². The molecule has 1 atom stereocenters. The minimum absolute atomic E-state index is 0.0484. The third kappa shape index (κ3) is 3.42. The van der Waals surface area contributed by atoms with Crippen molar-refractivity contribution >= 4 is 27.8 Å². The summed E-state index contributed by atoms with van der Waals surface area (Å²) in [6, 6.07) is 0. The van der Waals surface area contributed by atoms with E-state index >= 15 is 0 Å². The molecule has 4 heterocycles. The van der Waals surface area contributed by atoms with Crippen molar-refractivity contribution in [3.05, 3.63) is 27.7 Å². The van der Waals surface area contributed by atoms with Crippen LogP contribution in [0.2, 0.25) is 0 Å². The molecule has 2 aliphatic rings. The Balaban J connectivity index is 1.45. The molecule has 0 radical (unpaired) electrons. The number of hydrogen-bond donors (Lipinski definition) is 0. The van der Waals surface area contributed by atoms with E-state index in [4.69, 9.17) is 4.74 Å². The van der Waals surface area contributed by atoms with Crippen molar-refractivity contribution in [3.63, 3.8) is 0 Å². The zero-order chi connectivity index (χ0) is 15.7. The van der Waals surface area contributed by atoms with E-state index < -0.39 is 0 Å². The lowest BCUT2D eigenvalue weighted by atomic mass is 9.91. The Labute approximate surface area is 144 Å². The van der Waals surface area contributed by atoms with E-state index in [9.17, 15) is 0 Å². The molecule has 2 aliphatic heterocycles. The van der Waals surface area contributed by atoms with Crippen LogP contribution < -0.4 is 4.90 Å². The fourth-order valence-electron chi connectivity index (χ4n) is 3.65. The van der Waals surface area contributed by atoms with E-state index in [2.05, 4.69) is 37.5 Å². The maximum atomic E-state index is 6.28. The third-order valence-electron chi connectivity index (χ3n) is 4.61. The van der Waals surface area contributed by atoms with Crippen LogP contribution in [-0.4, -0.2) is 53.3 Å². The molecule has 0 bridgehead atoms. The molecule has 0 amide bonds. The van der Waals surface area contributed by atoms with Crippen molar-refractivity contribution in [1.82, 2.24) is 14.9 Å². The molecular weight excluding hydrogens is 328 g/mol. The molecule has 124 valence electrons. The van der Waals surface area contributed by atoms with Crippen LogP contribution in [0, 0.1) is 6.92 Å². The minimum Gasteiger partial charge on any atom is -0.370 e. The Morgan fingerprint density at radius 3 is 3.04 bits per heavy atom. The van der Waals surface area contributed by atoms with Gasteiger partial charge in [0.2, 0.25) is 0 Å². The average Bonchev–Trinajstić information content (AvgIpc) is 3.19. The van der Waals surface area contributed by atoms with Crippen LogP contribution in [0.5, 0.6) is 0 Å². The quantitative estimate of drug-likeness (QED) is 0.851. The molecule has 5 nitrogen and oxygen atoms in total. The number of rotatable bonds is 3. The average molecular weight is 351 g/mol. The molecule has 2 aromatic heterocycles. The first-order valence-electron chi connectivity index (χ1n) is 8.14. The van der Waals surface area contributed by atoms with Gasteiger partial charge in [-0.3, -0.25) is 4.90 Å². The second-order valence-electron chi connectivity index (χ2n) is 6.44. The molecular formula is C16H22N4OS2. The van der Waals surface area contributed by atoms with Gasteiger partial charge in [-0.1, -0.05) is 0 Å². The first-order chi connectivity index (χ1) is 11.2. The van der Waals surface area contributed by atoms with Crippen molar-refractivity contribution in [2.45, 2.75) is 31.9 Å². The first kappa shape index (κ1) is 15.5. The van der Waals surface area contributed by atoms with Crippen LogP contribution in [0.25, 0.3) is 0 Å². The fourth-order valence-corrected chi connectivity index (χ4v) is 4.92. The lowest BCUT2D eigenvalue weighted by Crippen LogP contribution is -2.59. The highest BCUT2D eigenvalue weighted by Gasteiger charge is 2.41. The number of anilines is 1. The Kier molecular flexibility index (Phi) is 4.36. The predicted molar refractivity (Wildman–Crippen MR) is 94.4 cm³/mol. The molecule has 0 aliphatic carbocycles. The predicted octanol–water partition coefficient (Wildman–Crippen LogP) is 2.78. The lowest BCUT2D eigenvalue weighted by molar-refractivity contribution is -0.116. The molecule has 23 heavy (non-hydrogen) atoms. The lowest BCUT2D eigenvalue weighted by Gasteiger charge is -2.48. The highest BCUT2D eigenvalue weighted by molar-refractivity contribution is 7.13. The smallest absolute Gasteiger partial charge is 0.185 e. The van der Waals surface area contributed by atoms with Crippen molar-refractivity contribution < 1.29 is 4.74 Å². The molecule has 0 aromatic carbocycles. The third-order valence-corrected chi connectivity index (χ3v) is 6.26. The number of piperidine rings is 1. The summed E-state index contributed by atoms with van der Waals surface area (Å²) in [4.78, 5) is 14.0. The van der Waals surface area contributed by atoms with Gasteiger partial charge < -0.3 is 9.64 Å². The summed E-state index contributed by atoms with van der Waals surface area (Å²) >= 11 is 3.45. The first-order valence-corrected chi connectivity index (χ1v) is 9.90. The van der Waals surface area contributed by atoms with Crippen molar-refractivity contribution in [2.75, 3.05) is 37.7 Å². The van der Waals surface area contributed by atoms with Crippen LogP contribution in [0.3, 0.4) is 0 Å². The van der Waals surface area contributed by atoms with Gasteiger partial charge in [0, 0.05) is 43.1 Å². The number of thiazole rings is 2. The molecule has 0 saturated carbocycles. The number of hydrogen-bond acceptors (Lipinski definition) is 7. The van der Waals surface area contributed by atoms with Crippen molar-refractivity contribution in [2.24, 2.45) is 0 Å². The Hall–Kier alpha value is -1.02. The summed E-state index contributed by atoms with van der Waals surface area (Å²) in [6.07, 6.45) is 4.20. The molecule has 1 unspecified atom stereocenters. The van der Waals surface area contributed by atoms with E-state index in [1.54, 1.807) is 22.7 Å². The summed E-state index contributed by atoms with van der Waals surface area (Å²) in [5.41, 5.74) is 1.14. The second kappa shape index (κ2) is 6.47. The summed E-state index contributed by atoms with van der Waals surface area (Å²) in [7, 11) is 0. The van der Waals surface area contributed by atoms with E-state index in [1.807, 2.05) is 6.20 Å². The van der Waals surface area contributed by atoms with Crippen LogP contribution in [-0.2, 0) is 11.3 Å². The van der Waals surface area contributed by atoms with Gasteiger partial charge >= 0.3 is 0 Å². The van der Waals surface area contributed by atoms with Gasteiger partial charge in [-0.15, -0.1) is 22.7 Å². The van der Waals surface area contributed by atoms with Gasteiger partial charge in [0.25, 0.3) is 0 Å². The number of aryl methyl sites for hydroxylation is 1. The minimum atomic E-state index is -0.0484. The molecule has 4 rings (SSSR count). The van der Waals surface area contributed by atoms with Gasteiger partial charge in [-0.05, 0) is 19.8 Å². The Morgan fingerprint density at radius 2 is 2.26 bits per heavy atom. The van der Waals surface area contributed by atoms with E-state index in [0.717, 1.165) is 55.9 Å². The number of morpholine rings is 1. The summed E-state index contributed by atoms with van der Waals surface area (Å²) < 4.78 is 6.28. The van der Waals surface area contributed by atoms with E-state index in [-0.39, 0.29) is 5.60 Å². The maximum Gasteiger partial charge on any atom is 0.185 e. The summed E-state index contributed by atoms with van der Waals surface area (Å²) in [5, 5.41) is 6.51. The standard InChI is InChI=1S/C16H22N4OS2/c1-13-18-14(10-23-13)9-19-6-7-21-16(11-19)3-2-5-20(12-16)15-17-4-8-22-15/h4,8,10H,2-3,5-7,9,11-12H2,1H3. The normalized spacial score (nSPS) is 26.0.